The van der Waals surface area contributed by atoms with Crippen LogP contribution in [-0.4, -0.2) is 29.1 Å². The molecule has 0 saturated carbocycles. The van der Waals surface area contributed by atoms with Gasteiger partial charge < -0.3 is 14.6 Å². The molecule has 1 amide bonds. The number of carbonyl (C=O) groups excluding carboxylic acids is 1. The number of aromatic nitrogens is 2. The zero-order valence-electron chi connectivity index (χ0n) is 16.9. The van der Waals surface area contributed by atoms with Crippen molar-refractivity contribution >= 4 is 17.2 Å². The fourth-order valence-electron chi connectivity index (χ4n) is 3.36. The predicted octanol–water partition coefficient (Wildman–Crippen LogP) is 4.62. The maximum atomic E-state index is 12.7. The fraction of sp³-hybridized carbons (Fsp3) is 0.364. The second-order valence-electron chi connectivity index (χ2n) is 6.92. The Morgan fingerprint density at radius 1 is 1.21 bits per heavy atom. The van der Waals surface area contributed by atoms with Crippen molar-refractivity contribution in [2.24, 2.45) is 0 Å². The molecule has 0 unspecified atom stereocenters. The summed E-state index contributed by atoms with van der Waals surface area (Å²) in [6, 6.07) is 9.81. The van der Waals surface area contributed by atoms with Gasteiger partial charge in [0.05, 0.1) is 17.7 Å². The molecule has 0 bridgehead atoms. The van der Waals surface area contributed by atoms with Crippen LogP contribution in [0.3, 0.4) is 0 Å². The fourth-order valence-corrected chi connectivity index (χ4v) is 4.17. The zero-order valence-corrected chi connectivity index (χ0v) is 17.7. The van der Waals surface area contributed by atoms with E-state index in [1.807, 2.05) is 51.1 Å². The maximum absolute atomic E-state index is 12.7. The van der Waals surface area contributed by atoms with Gasteiger partial charge in [0.25, 0.3) is 5.91 Å². The van der Waals surface area contributed by atoms with Crippen molar-refractivity contribution in [1.82, 2.24) is 14.9 Å². The molecule has 0 saturated heterocycles. The number of amides is 1. The Morgan fingerprint density at radius 3 is 2.75 bits per heavy atom. The van der Waals surface area contributed by atoms with Crippen molar-refractivity contribution < 1.29 is 9.53 Å². The van der Waals surface area contributed by atoms with Crippen LogP contribution in [0, 0.1) is 20.8 Å². The number of rotatable bonds is 8. The Morgan fingerprint density at radius 2 is 2.04 bits per heavy atom. The van der Waals surface area contributed by atoms with Gasteiger partial charge in [-0.1, -0.05) is 6.07 Å². The molecule has 0 atom stereocenters. The third-order valence-electron chi connectivity index (χ3n) is 4.76. The number of methoxy groups -OCH3 is 1. The lowest BCUT2D eigenvalue weighted by Gasteiger charge is -2.11. The van der Waals surface area contributed by atoms with Crippen LogP contribution in [0.15, 0.2) is 35.7 Å². The van der Waals surface area contributed by atoms with E-state index in [0.29, 0.717) is 6.54 Å². The second-order valence-corrected chi connectivity index (χ2v) is 7.86. The van der Waals surface area contributed by atoms with Crippen LogP contribution in [0.2, 0.25) is 0 Å². The van der Waals surface area contributed by atoms with Crippen molar-refractivity contribution in [1.29, 1.82) is 0 Å². The smallest absolute Gasteiger partial charge is 0.253 e. The Balaban J connectivity index is 1.59. The summed E-state index contributed by atoms with van der Waals surface area (Å²) in [5.41, 5.74) is 4.75. The molecule has 5 nitrogen and oxygen atoms in total. The van der Waals surface area contributed by atoms with Gasteiger partial charge >= 0.3 is 0 Å². The number of aryl methyl sites for hydroxylation is 3. The monoisotopic (exact) mass is 397 g/mol. The summed E-state index contributed by atoms with van der Waals surface area (Å²) in [4.78, 5) is 17.1. The molecular formula is C22H27N3O2S. The summed E-state index contributed by atoms with van der Waals surface area (Å²) in [5, 5.41) is 6.30. The van der Waals surface area contributed by atoms with Crippen molar-refractivity contribution in [3.05, 3.63) is 63.4 Å². The highest BCUT2D eigenvalue weighted by molar-refractivity contribution is 7.09. The molecule has 3 aromatic rings. The van der Waals surface area contributed by atoms with Gasteiger partial charge in [0.15, 0.2) is 0 Å². The molecule has 0 aliphatic heterocycles. The summed E-state index contributed by atoms with van der Waals surface area (Å²) in [7, 11) is 1.66. The maximum Gasteiger partial charge on any atom is 0.253 e. The topological polar surface area (TPSA) is 56.1 Å². The molecule has 6 heteroatoms. The first-order valence-corrected chi connectivity index (χ1v) is 10.4. The quantitative estimate of drug-likeness (QED) is 0.564. The summed E-state index contributed by atoms with van der Waals surface area (Å²) in [6.07, 6.45) is 2.94. The van der Waals surface area contributed by atoms with Crippen LogP contribution >= 0.6 is 11.3 Å². The molecule has 28 heavy (non-hydrogen) atoms. The van der Waals surface area contributed by atoms with Gasteiger partial charge in [0.2, 0.25) is 0 Å². The van der Waals surface area contributed by atoms with Crippen molar-refractivity contribution in [2.75, 3.05) is 13.7 Å². The van der Waals surface area contributed by atoms with Crippen LogP contribution in [0.5, 0.6) is 5.75 Å². The number of nitrogens with zero attached hydrogens (tertiary/aromatic N) is 2. The average molecular weight is 398 g/mol. The van der Waals surface area contributed by atoms with Crippen molar-refractivity contribution in [3.63, 3.8) is 0 Å². The number of hydrogen-bond donors (Lipinski definition) is 1. The minimum absolute atomic E-state index is 0.0210. The Hall–Kier alpha value is -2.60. The van der Waals surface area contributed by atoms with E-state index in [9.17, 15) is 4.79 Å². The molecule has 1 aromatic carbocycles. The lowest BCUT2D eigenvalue weighted by atomic mass is 10.2. The molecule has 1 N–H and O–H groups in total. The van der Waals surface area contributed by atoms with Gasteiger partial charge in [-0.15, -0.1) is 11.3 Å². The van der Waals surface area contributed by atoms with Crippen molar-refractivity contribution in [3.8, 4) is 11.4 Å². The Kier molecular flexibility index (Phi) is 6.52. The van der Waals surface area contributed by atoms with E-state index in [1.165, 1.54) is 5.01 Å². The molecule has 0 aliphatic rings. The molecule has 0 aliphatic carbocycles. The van der Waals surface area contributed by atoms with Crippen LogP contribution in [-0.2, 0) is 6.42 Å². The third kappa shape index (κ3) is 4.62. The van der Waals surface area contributed by atoms with Crippen LogP contribution in [0.4, 0.5) is 0 Å². The minimum atomic E-state index is -0.0210. The van der Waals surface area contributed by atoms with Gasteiger partial charge in [-0.2, -0.15) is 0 Å². The molecule has 0 fully saturated rings. The van der Waals surface area contributed by atoms with Gasteiger partial charge in [0.1, 0.15) is 5.75 Å². The number of hydrogen-bond acceptors (Lipinski definition) is 4. The van der Waals surface area contributed by atoms with Gasteiger partial charge in [-0.3, -0.25) is 4.79 Å². The van der Waals surface area contributed by atoms with E-state index in [4.69, 9.17) is 4.74 Å². The minimum Gasteiger partial charge on any atom is -0.497 e. The van der Waals surface area contributed by atoms with E-state index in [2.05, 4.69) is 20.2 Å². The summed E-state index contributed by atoms with van der Waals surface area (Å²) in [5.74, 6) is 0.777. The molecule has 0 radical (unpaired) electrons. The average Bonchev–Trinajstić information content (AvgIpc) is 3.23. The number of nitrogens with one attached hydrogen (secondary N) is 1. The molecule has 2 heterocycles. The normalized spacial score (nSPS) is 10.9. The SMILES string of the molecule is COc1cccc(-n2c(C)cc(C(=O)NCCCCc3nc(C)cs3)c2C)c1. The Labute approximate surface area is 170 Å². The largest absolute Gasteiger partial charge is 0.497 e. The molecule has 3 rings (SSSR count). The van der Waals surface area contributed by atoms with E-state index in [1.54, 1.807) is 18.4 Å². The second kappa shape index (κ2) is 9.06. The first kappa shape index (κ1) is 20.1. The van der Waals surface area contributed by atoms with Gasteiger partial charge in [-0.25, -0.2) is 4.98 Å². The number of benzene rings is 1. The first-order chi connectivity index (χ1) is 13.5. The highest BCUT2D eigenvalue weighted by Gasteiger charge is 2.16. The number of unbranched alkanes of at least 4 members (excludes halogenated alkanes) is 1. The molecule has 2 aromatic heterocycles. The Bertz CT molecular complexity index is 959. The van der Waals surface area contributed by atoms with E-state index in [0.717, 1.165) is 53.3 Å². The highest BCUT2D eigenvalue weighted by atomic mass is 32.1. The summed E-state index contributed by atoms with van der Waals surface area (Å²) in [6.45, 7) is 6.68. The summed E-state index contributed by atoms with van der Waals surface area (Å²) < 4.78 is 7.41. The highest BCUT2D eigenvalue weighted by Crippen LogP contribution is 2.23. The van der Waals surface area contributed by atoms with E-state index >= 15 is 0 Å². The van der Waals surface area contributed by atoms with Crippen LogP contribution in [0.1, 0.15) is 45.3 Å². The number of carbonyl (C=O) groups is 1. The van der Waals surface area contributed by atoms with Crippen LogP contribution < -0.4 is 10.1 Å². The lowest BCUT2D eigenvalue weighted by molar-refractivity contribution is 0.0952. The number of ether oxygens (including phenoxy) is 1. The molecule has 0 spiro atoms. The van der Waals surface area contributed by atoms with E-state index in [-0.39, 0.29) is 5.91 Å². The number of thiazole rings is 1. The lowest BCUT2D eigenvalue weighted by Crippen LogP contribution is -2.25. The van der Waals surface area contributed by atoms with Crippen LogP contribution in [0.25, 0.3) is 5.69 Å². The molecular weight excluding hydrogens is 370 g/mol. The predicted molar refractivity (Wildman–Crippen MR) is 114 cm³/mol. The van der Waals surface area contributed by atoms with Gasteiger partial charge in [-0.05, 0) is 58.2 Å². The third-order valence-corrected chi connectivity index (χ3v) is 5.78. The van der Waals surface area contributed by atoms with Gasteiger partial charge in [0, 0.05) is 40.8 Å². The zero-order chi connectivity index (χ0) is 20.1. The van der Waals surface area contributed by atoms with E-state index < -0.39 is 0 Å². The summed E-state index contributed by atoms with van der Waals surface area (Å²) >= 11 is 1.71. The first-order valence-electron chi connectivity index (χ1n) is 9.52. The standard InChI is InChI=1S/C22H27N3O2S/c1-15-14-28-21(24-15)10-5-6-11-23-22(26)20-12-16(2)25(17(20)3)18-8-7-9-19(13-18)27-4/h7-9,12-14H,5-6,10-11H2,1-4H3,(H,23,26). The molecule has 148 valence electrons. The van der Waals surface area contributed by atoms with Crippen molar-refractivity contribution in [2.45, 2.75) is 40.0 Å².